The van der Waals surface area contributed by atoms with Crippen LogP contribution in [-0.4, -0.2) is 22.9 Å². The molecule has 1 N–H and O–H groups in total. The molecule has 1 aromatic heterocycles. The minimum atomic E-state index is -0.166. The molecule has 0 amide bonds. The predicted molar refractivity (Wildman–Crippen MR) is 199 cm³/mol. The molecule has 0 atom stereocenters. The van der Waals surface area contributed by atoms with E-state index >= 15 is 0 Å². The second-order valence-electron chi connectivity index (χ2n) is 13.8. The molecule has 5 nitrogen and oxygen atoms in total. The van der Waals surface area contributed by atoms with Gasteiger partial charge in [0.2, 0.25) is 0 Å². The first-order chi connectivity index (χ1) is 23.1. The number of hydrogen-bond acceptors (Lipinski definition) is 4. The van der Waals surface area contributed by atoms with E-state index in [0.717, 1.165) is 61.3 Å². The van der Waals surface area contributed by atoms with Crippen molar-refractivity contribution in [1.82, 2.24) is 4.57 Å². The van der Waals surface area contributed by atoms with E-state index in [4.69, 9.17) is 4.74 Å². The molecule has 0 fully saturated rings. The number of benzene rings is 3. The van der Waals surface area contributed by atoms with Gasteiger partial charge < -0.3 is 14.6 Å². The highest BCUT2D eigenvalue weighted by Crippen LogP contribution is 2.29. The second-order valence-corrected chi connectivity index (χ2v) is 13.8. The number of anilines is 1. The maximum absolute atomic E-state index is 13.9. The summed E-state index contributed by atoms with van der Waals surface area (Å²) >= 11 is 0. The number of carbonyl (C=O) groups excluding carboxylic acids is 2. The summed E-state index contributed by atoms with van der Waals surface area (Å²) in [5, 5.41) is 3.78. The van der Waals surface area contributed by atoms with Gasteiger partial charge in [-0.3, -0.25) is 9.59 Å². The number of aryl methyl sites for hydroxylation is 1. The first-order valence-corrected chi connectivity index (χ1v) is 18.1. The molecule has 3 aromatic carbocycles. The lowest BCUT2D eigenvalue weighted by Crippen LogP contribution is -2.13. The zero-order valence-electron chi connectivity index (χ0n) is 30.3. The summed E-state index contributed by atoms with van der Waals surface area (Å²) in [6, 6.07) is 27.9. The number of hydrogen-bond donors (Lipinski definition) is 1. The first kappa shape index (κ1) is 36.7. The quantitative estimate of drug-likeness (QED) is 0.0862. The molecule has 0 unspecified atom stereocenters. The number of esters is 1. The van der Waals surface area contributed by atoms with Crippen molar-refractivity contribution < 1.29 is 14.3 Å². The van der Waals surface area contributed by atoms with Crippen LogP contribution in [0.3, 0.4) is 0 Å². The normalized spacial score (nSPS) is 11.5. The Morgan fingerprint density at radius 2 is 1.33 bits per heavy atom. The van der Waals surface area contributed by atoms with Crippen LogP contribution >= 0.6 is 0 Å². The monoisotopic (exact) mass is 648 g/mol. The standard InChI is InChI=1S/C43H56N2O3/c1-8-26-45-38(12-11-13-41(46)48-10-3)29-39(40(45)9-2)43(47)36-22-24-37(25-23-36)44-42(34-18-14-32(15-19-34)27-30(4)5)35-20-16-33(17-21-35)28-31(6)7/h14-25,29-31,42,44H,8-13,26-28H2,1-7H3. The molecule has 5 heteroatoms. The Labute approximate surface area is 289 Å². The third-order valence-electron chi connectivity index (χ3n) is 8.81. The van der Waals surface area contributed by atoms with Gasteiger partial charge in [0.1, 0.15) is 0 Å². The highest BCUT2D eigenvalue weighted by Gasteiger charge is 2.21. The molecule has 0 aliphatic heterocycles. The topological polar surface area (TPSA) is 60.3 Å². The van der Waals surface area contributed by atoms with E-state index in [0.29, 0.717) is 36.8 Å². The summed E-state index contributed by atoms with van der Waals surface area (Å²) in [6.45, 7) is 16.4. The summed E-state index contributed by atoms with van der Waals surface area (Å²) in [7, 11) is 0. The fraction of sp³-hybridized carbons (Fsp3) is 0.442. The van der Waals surface area contributed by atoms with E-state index in [1.807, 2.05) is 31.2 Å². The van der Waals surface area contributed by atoms with Crippen molar-refractivity contribution in [2.45, 2.75) is 106 Å². The number of ketones is 1. The molecule has 4 rings (SSSR count). The summed E-state index contributed by atoms with van der Waals surface area (Å²) < 4.78 is 7.41. The molecule has 0 aliphatic carbocycles. The number of ether oxygens (including phenoxy) is 1. The lowest BCUT2D eigenvalue weighted by molar-refractivity contribution is -0.143. The van der Waals surface area contributed by atoms with Crippen molar-refractivity contribution in [3.05, 3.63) is 124 Å². The van der Waals surface area contributed by atoms with Gasteiger partial charge in [-0.05, 0) is 110 Å². The molecule has 0 bridgehead atoms. The second kappa shape index (κ2) is 17.9. The molecule has 4 aromatic rings. The Hall–Kier alpha value is -4.12. The van der Waals surface area contributed by atoms with Gasteiger partial charge in [0.05, 0.1) is 12.6 Å². The maximum Gasteiger partial charge on any atom is 0.305 e. The Balaban J connectivity index is 1.58. The minimum Gasteiger partial charge on any atom is -0.466 e. The van der Waals surface area contributed by atoms with E-state index < -0.39 is 0 Å². The summed E-state index contributed by atoms with van der Waals surface area (Å²) in [5.74, 6) is 1.10. The molecule has 0 spiro atoms. The number of rotatable bonds is 18. The van der Waals surface area contributed by atoms with Crippen LogP contribution in [0.4, 0.5) is 5.69 Å². The smallest absolute Gasteiger partial charge is 0.305 e. The van der Waals surface area contributed by atoms with E-state index in [2.05, 4.69) is 106 Å². The molecular weight excluding hydrogens is 592 g/mol. The third kappa shape index (κ3) is 9.95. The van der Waals surface area contributed by atoms with Crippen molar-refractivity contribution in [1.29, 1.82) is 0 Å². The van der Waals surface area contributed by atoms with Crippen LogP contribution in [0, 0.1) is 11.8 Å². The van der Waals surface area contributed by atoms with Crippen molar-refractivity contribution in [2.75, 3.05) is 11.9 Å². The van der Waals surface area contributed by atoms with Crippen molar-refractivity contribution in [3.8, 4) is 0 Å². The number of carbonyl (C=O) groups is 2. The van der Waals surface area contributed by atoms with E-state index in [1.54, 1.807) is 0 Å². The van der Waals surface area contributed by atoms with Crippen LogP contribution < -0.4 is 5.32 Å². The van der Waals surface area contributed by atoms with Crippen molar-refractivity contribution in [2.24, 2.45) is 11.8 Å². The van der Waals surface area contributed by atoms with Gasteiger partial charge in [-0.2, -0.15) is 0 Å². The Morgan fingerprint density at radius 3 is 1.81 bits per heavy atom. The van der Waals surface area contributed by atoms with Crippen molar-refractivity contribution in [3.63, 3.8) is 0 Å². The van der Waals surface area contributed by atoms with Gasteiger partial charge in [-0.15, -0.1) is 0 Å². The van der Waals surface area contributed by atoms with Crippen LogP contribution in [-0.2, 0) is 41.8 Å². The van der Waals surface area contributed by atoms with Gasteiger partial charge in [0.15, 0.2) is 5.78 Å². The molecular formula is C43H56N2O3. The van der Waals surface area contributed by atoms with Crippen LogP contribution in [0.1, 0.15) is 123 Å². The van der Waals surface area contributed by atoms with E-state index in [-0.39, 0.29) is 17.8 Å². The lowest BCUT2D eigenvalue weighted by Gasteiger charge is -2.22. The largest absolute Gasteiger partial charge is 0.466 e. The van der Waals surface area contributed by atoms with Crippen molar-refractivity contribution >= 4 is 17.4 Å². The van der Waals surface area contributed by atoms with Gasteiger partial charge in [0.25, 0.3) is 0 Å². The molecule has 256 valence electrons. The fourth-order valence-electron chi connectivity index (χ4n) is 6.62. The lowest BCUT2D eigenvalue weighted by atomic mass is 9.93. The zero-order chi connectivity index (χ0) is 34.6. The van der Waals surface area contributed by atoms with Gasteiger partial charge in [0, 0.05) is 41.2 Å². The minimum absolute atomic E-state index is 0.0281. The molecule has 0 aliphatic rings. The molecule has 0 saturated heterocycles. The van der Waals surface area contributed by atoms with Gasteiger partial charge in [-0.25, -0.2) is 0 Å². The first-order valence-electron chi connectivity index (χ1n) is 18.1. The summed E-state index contributed by atoms with van der Waals surface area (Å²) in [6.07, 6.45) is 5.69. The SMILES string of the molecule is CCCn1c(CCCC(=O)OCC)cc(C(=O)c2ccc(NC(c3ccc(CC(C)C)cc3)c3ccc(CC(C)C)cc3)cc2)c1CC. The Morgan fingerprint density at radius 1 is 0.771 bits per heavy atom. The Bertz CT molecular complexity index is 1540. The average Bonchev–Trinajstić information content (AvgIpc) is 3.41. The number of nitrogens with one attached hydrogen (secondary N) is 1. The van der Waals surface area contributed by atoms with Crippen LogP contribution in [0.2, 0.25) is 0 Å². The predicted octanol–water partition coefficient (Wildman–Crippen LogP) is 10.2. The number of aromatic nitrogens is 1. The third-order valence-corrected chi connectivity index (χ3v) is 8.81. The maximum atomic E-state index is 13.9. The Kier molecular flexibility index (Phi) is 13.7. The summed E-state index contributed by atoms with van der Waals surface area (Å²) in [4.78, 5) is 25.9. The number of nitrogens with zero attached hydrogens (tertiary/aromatic N) is 1. The molecule has 1 heterocycles. The van der Waals surface area contributed by atoms with E-state index in [1.165, 1.54) is 22.3 Å². The van der Waals surface area contributed by atoms with Crippen LogP contribution in [0.15, 0.2) is 78.9 Å². The van der Waals surface area contributed by atoms with Gasteiger partial charge >= 0.3 is 5.97 Å². The molecule has 0 radical (unpaired) electrons. The molecule has 0 saturated carbocycles. The van der Waals surface area contributed by atoms with Crippen LogP contribution in [0.5, 0.6) is 0 Å². The fourth-order valence-corrected chi connectivity index (χ4v) is 6.62. The zero-order valence-corrected chi connectivity index (χ0v) is 30.3. The van der Waals surface area contributed by atoms with E-state index in [9.17, 15) is 9.59 Å². The highest BCUT2D eigenvalue weighted by atomic mass is 16.5. The molecule has 48 heavy (non-hydrogen) atoms. The average molecular weight is 649 g/mol. The highest BCUT2D eigenvalue weighted by molar-refractivity contribution is 6.10. The van der Waals surface area contributed by atoms with Gasteiger partial charge in [-0.1, -0.05) is 90.1 Å². The summed E-state index contributed by atoms with van der Waals surface area (Å²) in [5.41, 5.74) is 9.70. The van der Waals surface area contributed by atoms with Crippen LogP contribution in [0.25, 0.3) is 0 Å².